The van der Waals surface area contributed by atoms with E-state index in [4.69, 9.17) is 9.47 Å². The predicted molar refractivity (Wildman–Crippen MR) is 135 cm³/mol. The van der Waals surface area contributed by atoms with Crippen molar-refractivity contribution in [1.82, 2.24) is 0 Å². The highest BCUT2D eigenvalue weighted by Gasteiger charge is 2.38. The fraction of sp³-hybridized carbons (Fsp3) is 0.778. The monoisotopic (exact) mass is 491 g/mol. The Bertz CT molecular complexity index is 853. The van der Waals surface area contributed by atoms with Crippen LogP contribution >= 0.6 is 11.3 Å². The zero-order valence-electron chi connectivity index (χ0n) is 21.2. The van der Waals surface area contributed by atoms with Gasteiger partial charge in [-0.2, -0.15) is 0 Å². The van der Waals surface area contributed by atoms with Crippen LogP contribution < -0.4 is 4.90 Å². The first kappa shape index (κ1) is 25.6. The van der Waals surface area contributed by atoms with Crippen molar-refractivity contribution in [1.29, 1.82) is 0 Å². The third kappa shape index (κ3) is 5.85. The molecule has 0 spiro atoms. The van der Waals surface area contributed by atoms with E-state index >= 15 is 0 Å². The Morgan fingerprint density at radius 1 is 1.03 bits per heavy atom. The molecule has 1 unspecified atom stereocenters. The smallest absolute Gasteiger partial charge is 0.348 e. The molecule has 1 aromatic rings. The minimum absolute atomic E-state index is 0.0135. The number of amides is 1. The Balaban J connectivity index is 1.58. The van der Waals surface area contributed by atoms with Gasteiger partial charge in [-0.25, -0.2) is 4.79 Å². The fourth-order valence-electron chi connectivity index (χ4n) is 5.61. The summed E-state index contributed by atoms with van der Waals surface area (Å²) in [7, 11) is 0. The van der Waals surface area contributed by atoms with Gasteiger partial charge in [0, 0.05) is 23.4 Å². The highest BCUT2D eigenvalue weighted by molar-refractivity contribution is 7.14. The number of hydrogen-bond acceptors (Lipinski definition) is 5. The number of anilines is 1. The van der Waals surface area contributed by atoms with Crippen LogP contribution in [0.2, 0.25) is 0 Å². The maximum Gasteiger partial charge on any atom is 0.348 e. The van der Waals surface area contributed by atoms with Crippen LogP contribution in [0.1, 0.15) is 100 Å². The van der Waals surface area contributed by atoms with Crippen molar-refractivity contribution in [2.45, 2.75) is 109 Å². The van der Waals surface area contributed by atoms with Gasteiger partial charge in [-0.1, -0.05) is 27.7 Å². The Hall–Kier alpha value is -1.44. The molecule has 34 heavy (non-hydrogen) atoms. The summed E-state index contributed by atoms with van der Waals surface area (Å²) in [5.74, 6) is -0.168. The van der Waals surface area contributed by atoms with E-state index in [1.807, 2.05) is 11.0 Å². The predicted octanol–water partition coefficient (Wildman–Crippen LogP) is 6.02. The first-order valence-corrected chi connectivity index (χ1v) is 13.9. The van der Waals surface area contributed by atoms with Gasteiger partial charge in [-0.15, -0.1) is 11.3 Å². The van der Waals surface area contributed by atoms with Crippen LogP contribution in [0.5, 0.6) is 0 Å². The standard InChI is InChI=1S/C27H41NO5S/c1-17-5-7-18(8-6-17)25(29)28(22-15-23(27(2,3)4)34-24(22)26(30)31)19-9-11-20(12-10-19)33-21-13-14-32-16-21/h15,17-21H,5-14,16H2,1-4H3,(H,30,31). The largest absolute Gasteiger partial charge is 0.477 e. The van der Waals surface area contributed by atoms with E-state index in [1.165, 1.54) is 11.3 Å². The molecule has 1 aromatic heterocycles. The number of carboxylic acid groups (broad SMARTS) is 1. The average Bonchev–Trinajstić information content (AvgIpc) is 3.46. The summed E-state index contributed by atoms with van der Waals surface area (Å²) in [4.78, 5) is 29.5. The molecule has 6 nitrogen and oxygen atoms in total. The lowest BCUT2D eigenvalue weighted by Gasteiger charge is -2.40. The van der Waals surface area contributed by atoms with Crippen LogP contribution in [0.15, 0.2) is 6.07 Å². The molecule has 190 valence electrons. The maximum absolute atomic E-state index is 14.0. The van der Waals surface area contributed by atoms with Gasteiger partial charge in [-0.3, -0.25) is 4.79 Å². The summed E-state index contributed by atoms with van der Waals surface area (Å²) in [6.45, 7) is 9.99. The van der Waals surface area contributed by atoms with E-state index in [-0.39, 0.29) is 35.5 Å². The van der Waals surface area contributed by atoms with E-state index in [9.17, 15) is 14.7 Å². The number of nitrogens with zero attached hydrogens (tertiary/aromatic N) is 1. The van der Waals surface area contributed by atoms with E-state index in [0.717, 1.165) is 69.3 Å². The summed E-state index contributed by atoms with van der Waals surface area (Å²) >= 11 is 1.32. The number of hydrogen-bond donors (Lipinski definition) is 1. The Morgan fingerprint density at radius 3 is 2.26 bits per heavy atom. The van der Waals surface area contributed by atoms with E-state index < -0.39 is 5.97 Å². The lowest BCUT2D eigenvalue weighted by molar-refractivity contribution is -0.124. The van der Waals surface area contributed by atoms with Crippen molar-refractivity contribution in [3.05, 3.63) is 15.8 Å². The number of carboxylic acids is 1. The summed E-state index contributed by atoms with van der Waals surface area (Å²) in [6.07, 6.45) is 8.74. The van der Waals surface area contributed by atoms with Crippen molar-refractivity contribution in [3.8, 4) is 0 Å². The highest BCUT2D eigenvalue weighted by atomic mass is 32.1. The topological polar surface area (TPSA) is 76.1 Å². The molecule has 7 heteroatoms. The first-order chi connectivity index (χ1) is 16.1. The molecular weight excluding hydrogens is 450 g/mol. The quantitative estimate of drug-likeness (QED) is 0.527. The van der Waals surface area contributed by atoms with Crippen molar-refractivity contribution in [2.24, 2.45) is 11.8 Å². The molecule has 0 bridgehead atoms. The molecule has 1 aliphatic heterocycles. The van der Waals surface area contributed by atoms with Gasteiger partial charge in [0.1, 0.15) is 4.88 Å². The Kier molecular flexibility index (Phi) is 8.05. The number of ether oxygens (including phenoxy) is 2. The highest BCUT2D eigenvalue weighted by Crippen LogP contribution is 2.42. The minimum Gasteiger partial charge on any atom is -0.477 e. The van der Waals surface area contributed by atoms with Crippen molar-refractivity contribution >= 4 is 28.9 Å². The number of aromatic carboxylic acids is 1. The van der Waals surface area contributed by atoms with Crippen LogP contribution in [0.3, 0.4) is 0 Å². The number of carbonyl (C=O) groups is 2. The molecule has 3 aliphatic rings. The van der Waals surface area contributed by atoms with E-state index in [0.29, 0.717) is 23.1 Å². The number of carbonyl (C=O) groups excluding carboxylic acids is 1. The SMILES string of the molecule is CC1CCC(C(=O)N(c2cc(C(C)(C)C)sc2C(=O)O)C2CCC(OC3CCOC3)CC2)CC1. The van der Waals surface area contributed by atoms with E-state index in [2.05, 4.69) is 27.7 Å². The molecule has 2 aliphatic carbocycles. The Morgan fingerprint density at radius 2 is 1.71 bits per heavy atom. The van der Waals surface area contributed by atoms with Crippen molar-refractivity contribution in [3.63, 3.8) is 0 Å². The van der Waals surface area contributed by atoms with Crippen LogP contribution in [0.4, 0.5) is 5.69 Å². The van der Waals surface area contributed by atoms with Gasteiger partial charge in [0.05, 0.1) is 24.5 Å². The molecule has 2 saturated carbocycles. The molecule has 0 radical (unpaired) electrons. The van der Waals surface area contributed by atoms with Gasteiger partial charge in [-0.05, 0) is 75.2 Å². The van der Waals surface area contributed by atoms with Crippen LogP contribution in [0.25, 0.3) is 0 Å². The van der Waals surface area contributed by atoms with Gasteiger partial charge in [0.15, 0.2) is 0 Å². The van der Waals surface area contributed by atoms with Gasteiger partial charge < -0.3 is 19.5 Å². The molecule has 1 saturated heterocycles. The van der Waals surface area contributed by atoms with E-state index in [1.54, 1.807) is 0 Å². The lowest BCUT2D eigenvalue weighted by Crippen LogP contribution is -2.47. The minimum atomic E-state index is -0.941. The van der Waals surface area contributed by atoms with Gasteiger partial charge >= 0.3 is 5.97 Å². The molecule has 0 aromatic carbocycles. The molecular formula is C27H41NO5S. The molecule has 2 heterocycles. The summed E-state index contributed by atoms with van der Waals surface area (Å²) in [6, 6.07) is 2.00. The molecule has 4 rings (SSSR count). The number of thiophene rings is 1. The summed E-state index contributed by atoms with van der Waals surface area (Å²) < 4.78 is 11.7. The van der Waals surface area contributed by atoms with Crippen molar-refractivity contribution < 1.29 is 24.2 Å². The summed E-state index contributed by atoms with van der Waals surface area (Å²) in [5, 5.41) is 10.1. The van der Waals surface area contributed by atoms with Crippen LogP contribution in [-0.2, 0) is 19.7 Å². The van der Waals surface area contributed by atoms with Crippen molar-refractivity contribution in [2.75, 3.05) is 18.1 Å². The molecule has 3 fully saturated rings. The third-order valence-corrected chi connectivity index (χ3v) is 9.33. The Labute approximate surface area is 208 Å². The van der Waals surface area contributed by atoms with Gasteiger partial charge in [0.25, 0.3) is 0 Å². The second kappa shape index (κ2) is 10.7. The molecule has 1 N–H and O–H groups in total. The summed E-state index contributed by atoms with van der Waals surface area (Å²) in [5.41, 5.74) is 0.441. The number of rotatable bonds is 6. The third-order valence-electron chi connectivity index (χ3n) is 7.79. The molecule has 1 atom stereocenters. The normalized spacial score (nSPS) is 30.3. The lowest BCUT2D eigenvalue weighted by atomic mass is 9.81. The molecule has 1 amide bonds. The zero-order valence-corrected chi connectivity index (χ0v) is 22.0. The fourth-order valence-corrected chi connectivity index (χ4v) is 6.66. The van der Waals surface area contributed by atoms with Crippen LogP contribution in [0, 0.1) is 11.8 Å². The second-order valence-corrected chi connectivity index (χ2v) is 12.6. The van der Waals surface area contributed by atoms with Crippen LogP contribution in [-0.4, -0.2) is 48.4 Å². The maximum atomic E-state index is 14.0. The first-order valence-electron chi connectivity index (χ1n) is 13.1. The second-order valence-electron chi connectivity index (χ2n) is 11.6. The zero-order chi connectivity index (χ0) is 24.5. The van der Waals surface area contributed by atoms with Gasteiger partial charge in [0.2, 0.25) is 5.91 Å². The average molecular weight is 492 g/mol.